The molecular formula is C11H23NO. The van der Waals surface area contributed by atoms with E-state index < -0.39 is 0 Å². The zero-order chi connectivity index (χ0) is 9.90. The SMILES string of the molecule is CCC(C)(CC)N1CC[C@H](OC)C1. The second-order valence-electron chi connectivity index (χ2n) is 4.30. The molecule has 1 fully saturated rings. The summed E-state index contributed by atoms with van der Waals surface area (Å²) in [4.78, 5) is 2.58. The van der Waals surface area contributed by atoms with Crippen molar-refractivity contribution in [2.45, 2.75) is 51.7 Å². The Morgan fingerprint density at radius 2 is 2.00 bits per heavy atom. The van der Waals surface area contributed by atoms with Crippen LogP contribution in [0.2, 0.25) is 0 Å². The van der Waals surface area contributed by atoms with Crippen LogP contribution < -0.4 is 0 Å². The fraction of sp³-hybridized carbons (Fsp3) is 1.00. The highest BCUT2D eigenvalue weighted by molar-refractivity contribution is 4.89. The number of methoxy groups -OCH3 is 1. The third kappa shape index (κ3) is 2.23. The topological polar surface area (TPSA) is 12.5 Å². The molecule has 1 aliphatic rings. The Balaban J connectivity index is 2.53. The van der Waals surface area contributed by atoms with Gasteiger partial charge in [-0.2, -0.15) is 0 Å². The number of rotatable bonds is 4. The average molecular weight is 185 g/mol. The third-order valence-electron chi connectivity index (χ3n) is 3.77. The molecule has 1 atom stereocenters. The molecule has 0 bridgehead atoms. The fourth-order valence-corrected chi connectivity index (χ4v) is 2.11. The molecule has 0 aromatic carbocycles. The molecule has 13 heavy (non-hydrogen) atoms. The minimum atomic E-state index is 0.396. The van der Waals surface area contributed by atoms with Crippen molar-refractivity contribution in [2.75, 3.05) is 20.2 Å². The molecule has 1 heterocycles. The van der Waals surface area contributed by atoms with Crippen LogP contribution in [0.25, 0.3) is 0 Å². The van der Waals surface area contributed by atoms with Gasteiger partial charge < -0.3 is 4.74 Å². The summed E-state index contributed by atoms with van der Waals surface area (Å²) >= 11 is 0. The van der Waals surface area contributed by atoms with E-state index >= 15 is 0 Å². The summed E-state index contributed by atoms with van der Waals surface area (Å²) in [6, 6.07) is 0. The molecule has 0 aliphatic carbocycles. The molecule has 0 unspecified atom stereocenters. The second kappa shape index (κ2) is 4.43. The maximum Gasteiger partial charge on any atom is 0.0710 e. The summed E-state index contributed by atoms with van der Waals surface area (Å²) < 4.78 is 5.38. The first-order valence-corrected chi connectivity index (χ1v) is 5.44. The predicted octanol–water partition coefficient (Wildman–Crippen LogP) is 2.29. The first-order chi connectivity index (χ1) is 6.16. The molecule has 0 aromatic rings. The van der Waals surface area contributed by atoms with E-state index in [0.29, 0.717) is 11.6 Å². The van der Waals surface area contributed by atoms with Gasteiger partial charge >= 0.3 is 0 Å². The van der Waals surface area contributed by atoms with Crippen LogP contribution in [0.5, 0.6) is 0 Å². The van der Waals surface area contributed by atoms with Crippen LogP contribution in [-0.2, 0) is 4.74 Å². The largest absolute Gasteiger partial charge is 0.380 e. The van der Waals surface area contributed by atoms with E-state index in [-0.39, 0.29) is 0 Å². The van der Waals surface area contributed by atoms with Crippen molar-refractivity contribution >= 4 is 0 Å². The summed E-state index contributed by atoms with van der Waals surface area (Å²) in [6.07, 6.45) is 4.14. The maximum absolute atomic E-state index is 5.38. The monoisotopic (exact) mass is 185 g/mol. The predicted molar refractivity (Wildman–Crippen MR) is 56.0 cm³/mol. The Bertz CT molecular complexity index is 154. The van der Waals surface area contributed by atoms with Gasteiger partial charge in [0.25, 0.3) is 0 Å². The van der Waals surface area contributed by atoms with Crippen molar-refractivity contribution in [1.29, 1.82) is 0 Å². The van der Waals surface area contributed by atoms with Gasteiger partial charge in [-0.05, 0) is 26.2 Å². The fourth-order valence-electron chi connectivity index (χ4n) is 2.11. The lowest BCUT2D eigenvalue weighted by molar-refractivity contribution is 0.0736. The molecule has 1 aliphatic heterocycles. The number of ether oxygens (including phenoxy) is 1. The van der Waals surface area contributed by atoms with E-state index in [1.165, 1.54) is 25.8 Å². The van der Waals surface area contributed by atoms with Crippen LogP contribution in [-0.4, -0.2) is 36.7 Å². The van der Waals surface area contributed by atoms with Gasteiger partial charge in [-0.15, -0.1) is 0 Å². The summed E-state index contributed by atoms with van der Waals surface area (Å²) in [5.41, 5.74) is 0.396. The van der Waals surface area contributed by atoms with Crippen LogP contribution in [0.15, 0.2) is 0 Å². The Hall–Kier alpha value is -0.0800. The lowest BCUT2D eigenvalue weighted by Gasteiger charge is -2.37. The number of likely N-dealkylation sites (tertiary alicyclic amines) is 1. The van der Waals surface area contributed by atoms with Crippen LogP contribution in [0.1, 0.15) is 40.0 Å². The zero-order valence-corrected chi connectivity index (χ0v) is 9.47. The summed E-state index contributed by atoms with van der Waals surface area (Å²) in [5, 5.41) is 0. The van der Waals surface area contributed by atoms with Crippen molar-refractivity contribution in [3.63, 3.8) is 0 Å². The Morgan fingerprint density at radius 1 is 1.38 bits per heavy atom. The first kappa shape index (κ1) is 11.0. The summed E-state index contributed by atoms with van der Waals surface area (Å²) in [7, 11) is 1.82. The standard InChI is InChI=1S/C11H23NO/c1-5-11(3,6-2)12-8-7-10(9-12)13-4/h10H,5-9H2,1-4H3/t10-/m0/s1. The molecule has 1 rings (SSSR count). The molecule has 2 heteroatoms. The van der Waals surface area contributed by atoms with Gasteiger partial charge in [0, 0.05) is 25.7 Å². The summed E-state index contributed by atoms with van der Waals surface area (Å²) in [6.45, 7) is 9.25. The third-order valence-corrected chi connectivity index (χ3v) is 3.77. The van der Waals surface area contributed by atoms with Crippen LogP contribution in [0, 0.1) is 0 Å². The molecule has 1 saturated heterocycles. The molecule has 0 spiro atoms. The van der Waals surface area contributed by atoms with Gasteiger partial charge in [-0.3, -0.25) is 4.90 Å². The Morgan fingerprint density at radius 3 is 2.38 bits per heavy atom. The van der Waals surface area contributed by atoms with E-state index in [1.54, 1.807) is 0 Å². The van der Waals surface area contributed by atoms with Crippen LogP contribution in [0.3, 0.4) is 0 Å². The average Bonchev–Trinajstić information content (AvgIpc) is 2.65. The van der Waals surface area contributed by atoms with Gasteiger partial charge in [-0.25, -0.2) is 0 Å². The molecule has 2 nitrogen and oxygen atoms in total. The highest BCUT2D eigenvalue weighted by Crippen LogP contribution is 2.28. The maximum atomic E-state index is 5.38. The van der Waals surface area contributed by atoms with E-state index in [2.05, 4.69) is 25.7 Å². The number of hydrogen-bond donors (Lipinski definition) is 0. The number of hydrogen-bond acceptors (Lipinski definition) is 2. The molecule has 0 saturated carbocycles. The molecule has 0 aromatic heterocycles. The van der Waals surface area contributed by atoms with E-state index in [1.807, 2.05) is 7.11 Å². The van der Waals surface area contributed by atoms with Gasteiger partial charge in [0.2, 0.25) is 0 Å². The van der Waals surface area contributed by atoms with E-state index in [0.717, 1.165) is 6.54 Å². The smallest absolute Gasteiger partial charge is 0.0710 e. The molecule has 78 valence electrons. The van der Waals surface area contributed by atoms with E-state index in [9.17, 15) is 0 Å². The number of nitrogens with zero attached hydrogens (tertiary/aromatic N) is 1. The highest BCUT2D eigenvalue weighted by Gasteiger charge is 2.34. The minimum absolute atomic E-state index is 0.396. The van der Waals surface area contributed by atoms with Crippen molar-refractivity contribution in [2.24, 2.45) is 0 Å². The van der Waals surface area contributed by atoms with Gasteiger partial charge in [-0.1, -0.05) is 13.8 Å². The van der Waals surface area contributed by atoms with Gasteiger partial charge in [0.15, 0.2) is 0 Å². The Labute approximate surface area is 82.3 Å². The van der Waals surface area contributed by atoms with Gasteiger partial charge in [0.05, 0.1) is 6.10 Å². The minimum Gasteiger partial charge on any atom is -0.380 e. The summed E-state index contributed by atoms with van der Waals surface area (Å²) in [5.74, 6) is 0. The molecule has 0 radical (unpaired) electrons. The van der Waals surface area contributed by atoms with Crippen molar-refractivity contribution < 1.29 is 4.74 Å². The van der Waals surface area contributed by atoms with Crippen molar-refractivity contribution in [3.05, 3.63) is 0 Å². The van der Waals surface area contributed by atoms with Crippen LogP contribution in [0.4, 0.5) is 0 Å². The molecule has 0 N–H and O–H groups in total. The lowest BCUT2D eigenvalue weighted by Crippen LogP contribution is -2.44. The molecule has 0 amide bonds. The van der Waals surface area contributed by atoms with Crippen LogP contribution >= 0.6 is 0 Å². The Kier molecular flexibility index (Phi) is 3.74. The zero-order valence-electron chi connectivity index (χ0n) is 9.47. The molecular weight excluding hydrogens is 162 g/mol. The lowest BCUT2D eigenvalue weighted by atomic mass is 9.94. The second-order valence-corrected chi connectivity index (χ2v) is 4.30. The van der Waals surface area contributed by atoms with Crippen molar-refractivity contribution in [1.82, 2.24) is 4.90 Å². The quantitative estimate of drug-likeness (QED) is 0.666. The van der Waals surface area contributed by atoms with Crippen molar-refractivity contribution in [3.8, 4) is 0 Å². The van der Waals surface area contributed by atoms with E-state index in [4.69, 9.17) is 4.74 Å². The highest BCUT2D eigenvalue weighted by atomic mass is 16.5. The normalized spacial score (nSPS) is 25.4. The first-order valence-electron chi connectivity index (χ1n) is 5.44. The van der Waals surface area contributed by atoms with Gasteiger partial charge in [0.1, 0.15) is 0 Å².